The zero-order valence-electron chi connectivity index (χ0n) is 14.8. The number of fused-ring (bicyclic) bond motifs is 4. The molecular weight excluding hydrogens is 354 g/mol. The van der Waals surface area contributed by atoms with Crippen LogP contribution in [0.3, 0.4) is 0 Å². The van der Waals surface area contributed by atoms with Gasteiger partial charge >= 0.3 is 0 Å². The highest BCUT2D eigenvalue weighted by Gasteiger charge is 2.39. The number of benzene rings is 1. The molecule has 0 aliphatic carbocycles. The molecule has 1 saturated heterocycles. The number of aromatic nitrogens is 1. The molecule has 0 saturated carbocycles. The molecule has 1 aromatic carbocycles. The molecule has 0 bridgehead atoms. The number of amidine groups is 1. The number of hydrogen-bond acceptors (Lipinski definition) is 5. The fourth-order valence-corrected chi connectivity index (χ4v) is 4.07. The first-order valence-corrected chi connectivity index (χ1v) is 8.78. The molecule has 3 aliphatic rings. The van der Waals surface area contributed by atoms with Crippen molar-refractivity contribution in [3.05, 3.63) is 24.4 Å². The Morgan fingerprint density at radius 3 is 2.88 bits per heavy atom. The smallest absolute Gasteiger partial charge is 0.262 e. The van der Waals surface area contributed by atoms with Crippen LogP contribution in [0, 0.1) is 0 Å². The van der Waals surface area contributed by atoms with E-state index in [0.717, 1.165) is 42.2 Å². The van der Waals surface area contributed by atoms with Crippen LogP contribution in [-0.2, 0) is 10.3 Å². The number of anilines is 1. The van der Waals surface area contributed by atoms with Gasteiger partial charge in [0.15, 0.2) is 5.84 Å². The van der Waals surface area contributed by atoms with Crippen LogP contribution in [0.2, 0.25) is 0 Å². The normalized spacial score (nSPS) is 23.0. The minimum atomic E-state index is -0.304. The van der Waals surface area contributed by atoms with Gasteiger partial charge in [-0.3, -0.25) is 4.79 Å². The SMILES string of the molecule is CCC1(n2ccc3cc4c(cc32)N2C(=NNC(=O)[C@H]2C)CO4)CNC1.Cl. The molecular formula is C18H22ClN5O2. The highest BCUT2D eigenvalue weighted by atomic mass is 35.5. The lowest BCUT2D eigenvalue weighted by Gasteiger charge is -2.44. The summed E-state index contributed by atoms with van der Waals surface area (Å²) in [6, 6.07) is 6.06. The zero-order chi connectivity index (χ0) is 17.2. The molecule has 7 nitrogen and oxygen atoms in total. The molecule has 0 spiro atoms. The van der Waals surface area contributed by atoms with Gasteiger partial charge in [-0.1, -0.05) is 6.92 Å². The highest BCUT2D eigenvalue weighted by molar-refractivity contribution is 6.10. The Balaban J connectivity index is 0.00000168. The van der Waals surface area contributed by atoms with Crippen LogP contribution in [0.4, 0.5) is 5.69 Å². The van der Waals surface area contributed by atoms with E-state index >= 15 is 0 Å². The van der Waals surface area contributed by atoms with Crippen LogP contribution in [0.1, 0.15) is 20.3 Å². The van der Waals surface area contributed by atoms with Crippen molar-refractivity contribution in [2.24, 2.45) is 5.10 Å². The van der Waals surface area contributed by atoms with Crippen LogP contribution < -0.4 is 20.4 Å². The van der Waals surface area contributed by atoms with Crippen molar-refractivity contribution in [2.45, 2.75) is 31.8 Å². The molecule has 2 N–H and O–H groups in total. The summed E-state index contributed by atoms with van der Waals surface area (Å²) in [7, 11) is 0. The van der Waals surface area contributed by atoms with Crippen molar-refractivity contribution >= 4 is 40.7 Å². The maximum atomic E-state index is 12.1. The van der Waals surface area contributed by atoms with E-state index in [4.69, 9.17) is 4.74 Å². The minimum Gasteiger partial charge on any atom is -0.483 e. The molecule has 0 radical (unpaired) electrons. The van der Waals surface area contributed by atoms with Crippen molar-refractivity contribution in [2.75, 3.05) is 24.6 Å². The summed E-state index contributed by atoms with van der Waals surface area (Å²) in [5.41, 5.74) is 4.79. The van der Waals surface area contributed by atoms with E-state index in [-0.39, 0.29) is 29.9 Å². The van der Waals surface area contributed by atoms with Gasteiger partial charge in [0.05, 0.1) is 16.7 Å². The molecule has 26 heavy (non-hydrogen) atoms. The highest BCUT2D eigenvalue weighted by Crippen LogP contribution is 2.40. The van der Waals surface area contributed by atoms with E-state index in [0.29, 0.717) is 6.61 Å². The number of hydrazone groups is 1. The number of halogens is 1. The second-order valence-electron chi connectivity index (χ2n) is 7.08. The van der Waals surface area contributed by atoms with Gasteiger partial charge in [-0.2, -0.15) is 5.10 Å². The molecule has 5 rings (SSSR count). The average molecular weight is 376 g/mol. The number of amides is 1. The fourth-order valence-electron chi connectivity index (χ4n) is 4.07. The maximum absolute atomic E-state index is 12.1. The second kappa shape index (κ2) is 5.89. The Morgan fingerprint density at radius 2 is 2.19 bits per heavy atom. The van der Waals surface area contributed by atoms with Crippen molar-refractivity contribution in [1.29, 1.82) is 0 Å². The van der Waals surface area contributed by atoms with E-state index in [9.17, 15) is 4.79 Å². The van der Waals surface area contributed by atoms with Crippen molar-refractivity contribution in [1.82, 2.24) is 15.3 Å². The summed E-state index contributed by atoms with van der Waals surface area (Å²) in [5, 5.41) is 8.72. The summed E-state index contributed by atoms with van der Waals surface area (Å²) >= 11 is 0. The second-order valence-corrected chi connectivity index (χ2v) is 7.08. The molecule has 1 aromatic heterocycles. The van der Waals surface area contributed by atoms with E-state index in [1.807, 2.05) is 11.8 Å². The molecule has 2 aromatic rings. The lowest BCUT2D eigenvalue weighted by molar-refractivity contribution is -0.122. The zero-order valence-corrected chi connectivity index (χ0v) is 15.6. The van der Waals surface area contributed by atoms with Crippen LogP contribution >= 0.6 is 12.4 Å². The number of ether oxygens (including phenoxy) is 1. The largest absolute Gasteiger partial charge is 0.483 e. The molecule has 3 aliphatic heterocycles. The molecule has 0 unspecified atom stereocenters. The van der Waals surface area contributed by atoms with Gasteiger partial charge < -0.3 is 19.5 Å². The predicted octanol–water partition coefficient (Wildman–Crippen LogP) is 1.80. The Bertz CT molecular complexity index is 912. The topological polar surface area (TPSA) is 70.9 Å². The first-order chi connectivity index (χ1) is 12.1. The van der Waals surface area contributed by atoms with Crippen molar-refractivity contribution in [3.63, 3.8) is 0 Å². The van der Waals surface area contributed by atoms with Gasteiger partial charge in [-0.05, 0) is 31.5 Å². The first kappa shape index (κ1) is 17.2. The Hall–Kier alpha value is -2.25. The summed E-state index contributed by atoms with van der Waals surface area (Å²) in [6.07, 6.45) is 3.24. The quantitative estimate of drug-likeness (QED) is 0.839. The summed E-state index contributed by atoms with van der Waals surface area (Å²) < 4.78 is 8.27. The number of carbonyl (C=O) groups is 1. The van der Waals surface area contributed by atoms with E-state index in [1.165, 1.54) is 5.52 Å². The third-order valence-corrected chi connectivity index (χ3v) is 5.80. The van der Waals surface area contributed by atoms with Gasteiger partial charge in [-0.15, -0.1) is 12.4 Å². The van der Waals surface area contributed by atoms with Crippen LogP contribution in [0.25, 0.3) is 10.9 Å². The average Bonchev–Trinajstić information content (AvgIpc) is 2.99. The minimum absolute atomic E-state index is 0. The third kappa shape index (κ3) is 2.17. The number of nitrogens with one attached hydrogen (secondary N) is 2. The van der Waals surface area contributed by atoms with E-state index < -0.39 is 0 Å². The van der Waals surface area contributed by atoms with E-state index in [2.05, 4.69) is 51.7 Å². The molecule has 4 heterocycles. The Kier molecular flexibility index (Phi) is 3.89. The standard InChI is InChI=1S/C18H21N5O2.ClH/c1-3-18(9-19-10-18)22-5-4-12-6-15-14(7-13(12)22)23-11(2)17(24)21-20-16(23)8-25-15;/h4-7,11,19H,3,8-10H2,1-2H3,(H,21,24);1H/t11-;/m1./s1. The molecule has 8 heteroatoms. The lowest BCUT2D eigenvalue weighted by Crippen LogP contribution is -2.59. The number of nitrogens with zero attached hydrogens (tertiary/aromatic N) is 3. The summed E-state index contributed by atoms with van der Waals surface area (Å²) in [6.45, 7) is 6.46. The van der Waals surface area contributed by atoms with Gasteiger partial charge in [0, 0.05) is 24.7 Å². The predicted molar refractivity (Wildman–Crippen MR) is 103 cm³/mol. The lowest BCUT2D eigenvalue weighted by atomic mass is 9.89. The molecule has 1 amide bonds. The number of hydrogen-bond donors (Lipinski definition) is 2. The fraction of sp³-hybridized carbons (Fsp3) is 0.444. The number of rotatable bonds is 2. The van der Waals surface area contributed by atoms with Crippen molar-refractivity contribution < 1.29 is 9.53 Å². The number of carbonyl (C=O) groups excluding carboxylic acids is 1. The van der Waals surface area contributed by atoms with Crippen molar-refractivity contribution in [3.8, 4) is 5.75 Å². The molecule has 1 atom stereocenters. The molecule has 1 fully saturated rings. The first-order valence-electron chi connectivity index (χ1n) is 8.78. The Morgan fingerprint density at radius 1 is 1.38 bits per heavy atom. The monoisotopic (exact) mass is 375 g/mol. The Labute approximate surface area is 157 Å². The maximum Gasteiger partial charge on any atom is 0.262 e. The van der Waals surface area contributed by atoms with Gasteiger partial charge in [0.25, 0.3) is 5.91 Å². The summed E-state index contributed by atoms with van der Waals surface area (Å²) in [4.78, 5) is 14.1. The van der Waals surface area contributed by atoms with Crippen LogP contribution in [-0.4, -0.2) is 42.0 Å². The van der Waals surface area contributed by atoms with Gasteiger partial charge in [-0.25, -0.2) is 5.43 Å². The van der Waals surface area contributed by atoms with Crippen LogP contribution in [0.15, 0.2) is 29.5 Å². The molecule has 138 valence electrons. The van der Waals surface area contributed by atoms with Gasteiger partial charge in [0.1, 0.15) is 18.4 Å². The van der Waals surface area contributed by atoms with Gasteiger partial charge in [0.2, 0.25) is 0 Å². The summed E-state index contributed by atoms with van der Waals surface area (Å²) in [5.74, 6) is 1.45. The van der Waals surface area contributed by atoms with Crippen LogP contribution in [0.5, 0.6) is 5.75 Å². The van der Waals surface area contributed by atoms with E-state index in [1.54, 1.807) is 0 Å². The third-order valence-electron chi connectivity index (χ3n) is 5.80.